The van der Waals surface area contributed by atoms with Gasteiger partial charge in [0.25, 0.3) is 0 Å². The summed E-state index contributed by atoms with van der Waals surface area (Å²) in [6.45, 7) is 0. The zero-order chi connectivity index (χ0) is 10.6. The summed E-state index contributed by atoms with van der Waals surface area (Å²) >= 11 is 0. The molecule has 3 nitrogen and oxygen atoms in total. The molecule has 2 aliphatic carbocycles. The van der Waals surface area contributed by atoms with Crippen LogP contribution in [0.15, 0.2) is 24.3 Å². The van der Waals surface area contributed by atoms with E-state index in [1.54, 1.807) is 0 Å². The van der Waals surface area contributed by atoms with E-state index in [0.29, 0.717) is 6.42 Å². The number of primary amides is 1. The molecule has 2 atom stereocenters. The van der Waals surface area contributed by atoms with Crippen molar-refractivity contribution in [3.8, 4) is 0 Å². The monoisotopic (exact) mass is 201 g/mol. The number of rotatable bonds is 1. The number of Topliss-reactive ketones (excluding diaryl/α,β-unsaturated/α-hetero) is 1. The summed E-state index contributed by atoms with van der Waals surface area (Å²) in [5.74, 6) is -0.565. The summed E-state index contributed by atoms with van der Waals surface area (Å²) in [6, 6.07) is 7.55. The lowest BCUT2D eigenvalue weighted by atomic mass is 9.78. The summed E-state index contributed by atoms with van der Waals surface area (Å²) < 4.78 is 0. The minimum Gasteiger partial charge on any atom is -0.369 e. The van der Waals surface area contributed by atoms with Gasteiger partial charge in [0.05, 0.1) is 0 Å². The lowest BCUT2D eigenvalue weighted by Crippen LogP contribution is -2.42. The highest BCUT2D eigenvalue weighted by molar-refractivity contribution is 6.18. The first-order valence-electron chi connectivity index (χ1n) is 5.11. The van der Waals surface area contributed by atoms with Crippen molar-refractivity contribution in [1.29, 1.82) is 0 Å². The summed E-state index contributed by atoms with van der Waals surface area (Å²) in [6.07, 6.45) is 1.35. The van der Waals surface area contributed by atoms with Crippen LogP contribution in [0, 0.1) is 0 Å². The van der Waals surface area contributed by atoms with Gasteiger partial charge in [-0.2, -0.15) is 0 Å². The third-order valence-electron chi connectivity index (χ3n) is 3.76. The highest BCUT2D eigenvalue weighted by Gasteiger charge is 2.60. The van der Waals surface area contributed by atoms with Crippen molar-refractivity contribution in [1.82, 2.24) is 0 Å². The molecule has 2 aliphatic rings. The fraction of sp³-hybridized carbons (Fsp3) is 0.333. The van der Waals surface area contributed by atoms with Crippen molar-refractivity contribution in [3.05, 3.63) is 35.4 Å². The van der Waals surface area contributed by atoms with Crippen molar-refractivity contribution in [2.45, 2.75) is 24.2 Å². The molecule has 1 aromatic rings. The number of hydrogen-bond donors (Lipinski definition) is 1. The molecule has 1 aromatic carbocycles. The van der Waals surface area contributed by atoms with Gasteiger partial charge in [0, 0.05) is 5.92 Å². The number of benzene rings is 1. The van der Waals surface area contributed by atoms with Gasteiger partial charge in [0.1, 0.15) is 5.41 Å². The van der Waals surface area contributed by atoms with E-state index >= 15 is 0 Å². The first-order valence-corrected chi connectivity index (χ1v) is 5.11. The summed E-state index contributed by atoms with van der Waals surface area (Å²) in [5.41, 5.74) is 6.27. The molecule has 0 aromatic heterocycles. The Kier molecular flexibility index (Phi) is 1.43. The largest absolute Gasteiger partial charge is 0.369 e. The van der Waals surface area contributed by atoms with Gasteiger partial charge < -0.3 is 5.73 Å². The van der Waals surface area contributed by atoms with Gasteiger partial charge in [-0.05, 0) is 24.0 Å². The first-order chi connectivity index (χ1) is 7.18. The predicted octanol–water partition coefficient (Wildman–Crippen LogP) is 0.870. The number of hydrogen-bond acceptors (Lipinski definition) is 2. The van der Waals surface area contributed by atoms with Crippen molar-refractivity contribution >= 4 is 11.7 Å². The van der Waals surface area contributed by atoms with Gasteiger partial charge >= 0.3 is 0 Å². The van der Waals surface area contributed by atoms with Gasteiger partial charge in [-0.1, -0.05) is 24.3 Å². The summed E-state index contributed by atoms with van der Waals surface area (Å²) in [7, 11) is 0. The van der Waals surface area contributed by atoms with E-state index in [2.05, 4.69) is 0 Å². The average Bonchev–Trinajstić information content (AvgIpc) is 2.70. The molecule has 76 valence electrons. The van der Waals surface area contributed by atoms with Crippen LogP contribution in [0.25, 0.3) is 0 Å². The Hall–Kier alpha value is -1.64. The molecule has 0 spiro atoms. The molecule has 3 rings (SSSR count). The third-order valence-corrected chi connectivity index (χ3v) is 3.76. The Morgan fingerprint density at radius 1 is 1.40 bits per heavy atom. The van der Waals surface area contributed by atoms with E-state index in [0.717, 1.165) is 17.5 Å². The van der Waals surface area contributed by atoms with E-state index in [1.165, 1.54) is 0 Å². The van der Waals surface area contributed by atoms with Crippen LogP contribution in [0.3, 0.4) is 0 Å². The SMILES string of the molecule is NC(=O)C12CCC(C1=O)c1ccccc12. The third kappa shape index (κ3) is 0.775. The fourth-order valence-corrected chi connectivity index (χ4v) is 3.04. The minimum atomic E-state index is -0.999. The normalized spacial score (nSPS) is 31.7. The predicted molar refractivity (Wildman–Crippen MR) is 54.3 cm³/mol. The van der Waals surface area contributed by atoms with Gasteiger partial charge in [0.2, 0.25) is 5.91 Å². The van der Waals surface area contributed by atoms with Gasteiger partial charge in [0.15, 0.2) is 5.78 Å². The van der Waals surface area contributed by atoms with E-state index in [4.69, 9.17) is 5.73 Å². The smallest absolute Gasteiger partial charge is 0.235 e. The maximum atomic E-state index is 12.1. The summed E-state index contributed by atoms with van der Waals surface area (Å²) in [4.78, 5) is 23.6. The number of carbonyl (C=O) groups is 2. The van der Waals surface area contributed by atoms with Crippen molar-refractivity contribution in [2.75, 3.05) is 0 Å². The molecule has 2 unspecified atom stereocenters. The van der Waals surface area contributed by atoms with E-state index in [1.807, 2.05) is 24.3 Å². The molecule has 3 heteroatoms. The molecule has 1 amide bonds. The van der Waals surface area contributed by atoms with Crippen molar-refractivity contribution < 1.29 is 9.59 Å². The van der Waals surface area contributed by atoms with Crippen LogP contribution < -0.4 is 5.73 Å². The average molecular weight is 201 g/mol. The van der Waals surface area contributed by atoms with Crippen LogP contribution in [0.5, 0.6) is 0 Å². The van der Waals surface area contributed by atoms with E-state index in [9.17, 15) is 9.59 Å². The maximum absolute atomic E-state index is 12.1. The zero-order valence-electron chi connectivity index (χ0n) is 8.19. The minimum absolute atomic E-state index is 0.0104. The molecule has 0 heterocycles. The standard InChI is InChI=1S/C12H11NO2/c13-11(15)12-6-5-8(10(12)14)7-3-1-2-4-9(7)12/h1-4,8H,5-6H2,(H2,13,15). The number of ketones is 1. The van der Waals surface area contributed by atoms with Crippen molar-refractivity contribution in [2.24, 2.45) is 5.73 Å². The molecular formula is C12H11NO2. The van der Waals surface area contributed by atoms with Crippen LogP contribution in [0.1, 0.15) is 29.9 Å². The second-order valence-electron chi connectivity index (χ2n) is 4.31. The van der Waals surface area contributed by atoms with E-state index < -0.39 is 11.3 Å². The molecular weight excluding hydrogens is 190 g/mol. The first kappa shape index (κ1) is 8.65. The number of nitrogens with two attached hydrogens (primary N) is 1. The number of amides is 1. The van der Waals surface area contributed by atoms with Crippen LogP contribution in [-0.2, 0) is 15.0 Å². The molecule has 15 heavy (non-hydrogen) atoms. The van der Waals surface area contributed by atoms with Gasteiger partial charge in [-0.25, -0.2) is 0 Å². The molecule has 0 radical (unpaired) electrons. The molecule has 0 saturated heterocycles. The Labute approximate surface area is 87.3 Å². The van der Waals surface area contributed by atoms with Gasteiger partial charge in [-0.3, -0.25) is 9.59 Å². The maximum Gasteiger partial charge on any atom is 0.235 e. The number of carbonyl (C=O) groups excluding carboxylic acids is 2. The zero-order valence-corrected chi connectivity index (χ0v) is 8.19. The molecule has 2 bridgehead atoms. The Bertz CT molecular complexity index is 480. The lowest BCUT2D eigenvalue weighted by molar-refractivity contribution is -0.132. The van der Waals surface area contributed by atoms with Crippen LogP contribution in [0.4, 0.5) is 0 Å². The molecule has 1 fully saturated rings. The topological polar surface area (TPSA) is 60.2 Å². The molecule has 2 N–H and O–H groups in total. The van der Waals surface area contributed by atoms with Gasteiger partial charge in [-0.15, -0.1) is 0 Å². The van der Waals surface area contributed by atoms with Crippen LogP contribution in [0.2, 0.25) is 0 Å². The second kappa shape index (κ2) is 2.48. The van der Waals surface area contributed by atoms with E-state index in [-0.39, 0.29) is 11.7 Å². The quantitative estimate of drug-likeness (QED) is 0.685. The summed E-state index contributed by atoms with van der Waals surface area (Å²) in [5, 5.41) is 0. The molecule has 0 aliphatic heterocycles. The lowest BCUT2D eigenvalue weighted by Gasteiger charge is -2.23. The Morgan fingerprint density at radius 2 is 2.13 bits per heavy atom. The van der Waals surface area contributed by atoms with Crippen LogP contribution >= 0.6 is 0 Å². The second-order valence-corrected chi connectivity index (χ2v) is 4.31. The number of fused-ring (bicyclic) bond motifs is 5. The Balaban J connectivity index is 2.33. The highest BCUT2D eigenvalue weighted by Crippen LogP contribution is 2.54. The molecule has 1 saturated carbocycles. The Morgan fingerprint density at radius 3 is 2.87 bits per heavy atom. The highest BCUT2D eigenvalue weighted by atomic mass is 16.2. The van der Waals surface area contributed by atoms with Crippen LogP contribution in [-0.4, -0.2) is 11.7 Å². The van der Waals surface area contributed by atoms with Crippen molar-refractivity contribution in [3.63, 3.8) is 0 Å². The fourth-order valence-electron chi connectivity index (χ4n) is 3.04.